The standard InChI is InChI=1S/C18H33N5OS/c1-16(2)17-14-19-18(20-15-17)23-10-8-22(9-11-23)7-5-13-24-12-4-6-21-25-3/h14-16,21H,4-13H2,1-3H3. The summed E-state index contributed by atoms with van der Waals surface area (Å²) in [5, 5.41) is 0. The van der Waals surface area contributed by atoms with E-state index >= 15 is 0 Å². The summed E-state index contributed by atoms with van der Waals surface area (Å²) >= 11 is 1.66. The molecule has 0 spiro atoms. The highest BCUT2D eigenvalue weighted by atomic mass is 32.2. The smallest absolute Gasteiger partial charge is 0.225 e. The molecule has 1 aromatic rings. The molecule has 2 rings (SSSR count). The van der Waals surface area contributed by atoms with E-state index in [1.165, 1.54) is 5.56 Å². The van der Waals surface area contributed by atoms with Crippen molar-refractivity contribution in [3.05, 3.63) is 18.0 Å². The molecule has 2 heterocycles. The van der Waals surface area contributed by atoms with Crippen molar-refractivity contribution in [1.82, 2.24) is 19.6 Å². The summed E-state index contributed by atoms with van der Waals surface area (Å²) in [6.07, 6.45) is 8.16. The Balaban J connectivity index is 1.57. The van der Waals surface area contributed by atoms with Gasteiger partial charge in [-0.05, 0) is 30.6 Å². The van der Waals surface area contributed by atoms with E-state index in [-0.39, 0.29) is 0 Å². The van der Waals surface area contributed by atoms with E-state index in [1.807, 2.05) is 18.6 Å². The first-order valence-corrected chi connectivity index (χ1v) is 10.6. The molecule has 0 saturated carbocycles. The van der Waals surface area contributed by atoms with Gasteiger partial charge < -0.3 is 9.64 Å². The summed E-state index contributed by atoms with van der Waals surface area (Å²) in [7, 11) is 0. The molecule has 7 heteroatoms. The van der Waals surface area contributed by atoms with Crippen molar-refractivity contribution in [2.75, 3.05) is 63.6 Å². The number of aromatic nitrogens is 2. The number of nitrogens with zero attached hydrogens (tertiary/aromatic N) is 4. The molecule has 1 aliphatic heterocycles. The van der Waals surface area contributed by atoms with Crippen molar-refractivity contribution in [3.63, 3.8) is 0 Å². The minimum absolute atomic E-state index is 0.481. The Morgan fingerprint density at radius 2 is 1.80 bits per heavy atom. The monoisotopic (exact) mass is 367 g/mol. The highest BCUT2D eigenvalue weighted by molar-refractivity contribution is 7.96. The number of piperazine rings is 1. The molecule has 1 saturated heterocycles. The van der Waals surface area contributed by atoms with E-state index in [2.05, 4.69) is 38.3 Å². The van der Waals surface area contributed by atoms with Crippen molar-refractivity contribution in [2.45, 2.75) is 32.6 Å². The van der Waals surface area contributed by atoms with Crippen LogP contribution in [0.15, 0.2) is 12.4 Å². The van der Waals surface area contributed by atoms with Gasteiger partial charge in [-0.2, -0.15) is 0 Å². The third-order valence-corrected chi connectivity index (χ3v) is 4.95. The van der Waals surface area contributed by atoms with Crippen LogP contribution in [0.4, 0.5) is 5.95 Å². The fourth-order valence-corrected chi connectivity index (χ4v) is 3.15. The van der Waals surface area contributed by atoms with Gasteiger partial charge in [0, 0.05) is 64.9 Å². The molecule has 6 nitrogen and oxygen atoms in total. The summed E-state index contributed by atoms with van der Waals surface area (Å²) in [5.74, 6) is 1.35. The maximum absolute atomic E-state index is 5.69. The quantitative estimate of drug-likeness (QED) is 0.476. The highest BCUT2D eigenvalue weighted by Gasteiger charge is 2.18. The average molecular weight is 368 g/mol. The maximum atomic E-state index is 5.69. The maximum Gasteiger partial charge on any atom is 0.225 e. The van der Waals surface area contributed by atoms with Gasteiger partial charge in [0.2, 0.25) is 5.95 Å². The van der Waals surface area contributed by atoms with Crippen molar-refractivity contribution < 1.29 is 4.74 Å². The number of rotatable bonds is 11. The Labute approximate surface area is 156 Å². The van der Waals surface area contributed by atoms with Crippen molar-refractivity contribution >= 4 is 17.9 Å². The van der Waals surface area contributed by atoms with Gasteiger partial charge in [-0.25, -0.2) is 9.97 Å². The average Bonchev–Trinajstić information content (AvgIpc) is 2.64. The first-order chi connectivity index (χ1) is 12.2. The van der Waals surface area contributed by atoms with Crippen LogP contribution in [-0.2, 0) is 4.74 Å². The van der Waals surface area contributed by atoms with Gasteiger partial charge in [-0.1, -0.05) is 25.8 Å². The summed E-state index contributed by atoms with van der Waals surface area (Å²) in [4.78, 5) is 13.9. The molecule has 0 atom stereocenters. The number of hydrogen-bond donors (Lipinski definition) is 1. The van der Waals surface area contributed by atoms with Crippen molar-refractivity contribution in [3.8, 4) is 0 Å². The zero-order chi connectivity index (χ0) is 17.9. The molecule has 0 radical (unpaired) electrons. The molecule has 1 N–H and O–H groups in total. The molecule has 1 fully saturated rings. The highest BCUT2D eigenvalue weighted by Crippen LogP contribution is 2.15. The third-order valence-electron chi connectivity index (χ3n) is 4.45. The molecule has 142 valence electrons. The van der Waals surface area contributed by atoms with E-state index in [9.17, 15) is 0 Å². The summed E-state index contributed by atoms with van der Waals surface area (Å²) in [6.45, 7) is 12.3. The summed E-state index contributed by atoms with van der Waals surface area (Å²) in [6, 6.07) is 0. The first-order valence-electron chi connectivity index (χ1n) is 9.33. The van der Waals surface area contributed by atoms with E-state index in [4.69, 9.17) is 4.74 Å². The van der Waals surface area contributed by atoms with Gasteiger partial charge in [0.25, 0.3) is 0 Å². The topological polar surface area (TPSA) is 53.5 Å². The minimum atomic E-state index is 0.481. The van der Waals surface area contributed by atoms with E-state index in [1.54, 1.807) is 11.9 Å². The molecular formula is C18H33N5OS. The number of hydrogen-bond acceptors (Lipinski definition) is 7. The Morgan fingerprint density at radius 1 is 1.12 bits per heavy atom. The molecular weight excluding hydrogens is 334 g/mol. The second-order valence-corrected chi connectivity index (χ2v) is 7.41. The molecule has 1 aromatic heterocycles. The number of ether oxygens (including phenoxy) is 1. The lowest BCUT2D eigenvalue weighted by atomic mass is 10.1. The Kier molecular flexibility index (Phi) is 9.54. The molecule has 0 unspecified atom stereocenters. The summed E-state index contributed by atoms with van der Waals surface area (Å²) < 4.78 is 8.92. The zero-order valence-electron chi connectivity index (χ0n) is 15.9. The van der Waals surface area contributed by atoms with Crippen molar-refractivity contribution in [2.24, 2.45) is 0 Å². The van der Waals surface area contributed by atoms with Crippen LogP contribution in [0, 0.1) is 0 Å². The van der Waals surface area contributed by atoms with Crippen LogP contribution in [0.1, 0.15) is 38.2 Å². The predicted molar refractivity (Wildman–Crippen MR) is 106 cm³/mol. The van der Waals surface area contributed by atoms with Gasteiger partial charge in [-0.3, -0.25) is 9.62 Å². The molecule has 0 aliphatic carbocycles. The van der Waals surface area contributed by atoms with Crippen LogP contribution in [0.2, 0.25) is 0 Å². The zero-order valence-corrected chi connectivity index (χ0v) is 16.7. The molecule has 25 heavy (non-hydrogen) atoms. The summed E-state index contributed by atoms with van der Waals surface area (Å²) in [5.41, 5.74) is 1.20. The normalized spacial score (nSPS) is 15.9. The van der Waals surface area contributed by atoms with Crippen molar-refractivity contribution in [1.29, 1.82) is 0 Å². The molecule has 0 aromatic carbocycles. The largest absolute Gasteiger partial charge is 0.381 e. The second-order valence-electron chi connectivity index (χ2n) is 6.72. The minimum Gasteiger partial charge on any atom is -0.381 e. The number of nitrogens with one attached hydrogen (secondary N) is 1. The third kappa shape index (κ3) is 7.48. The van der Waals surface area contributed by atoms with Gasteiger partial charge in [-0.15, -0.1) is 0 Å². The molecule has 0 amide bonds. The van der Waals surface area contributed by atoms with E-state index in [0.717, 1.165) is 71.3 Å². The van der Waals surface area contributed by atoms with Crippen LogP contribution in [-0.4, -0.2) is 73.6 Å². The van der Waals surface area contributed by atoms with Crippen LogP contribution in [0.3, 0.4) is 0 Å². The SMILES string of the molecule is CSNCCCOCCCN1CCN(c2ncc(C(C)C)cn2)CC1. The van der Waals surface area contributed by atoms with Gasteiger partial charge in [0.05, 0.1) is 0 Å². The molecule has 0 bridgehead atoms. The molecule has 1 aliphatic rings. The Morgan fingerprint density at radius 3 is 2.44 bits per heavy atom. The lowest BCUT2D eigenvalue weighted by Crippen LogP contribution is -2.47. The second kappa shape index (κ2) is 11.7. The predicted octanol–water partition coefficient (Wildman–Crippen LogP) is 2.39. The fraction of sp³-hybridized carbons (Fsp3) is 0.778. The first kappa shape index (κ1) is 20.4. The van der Waals surface area contributed by atoms with Crippen LogP contribution in [0.25, 0.3) is 0 Å². The van der Waals surface area contributed by atoms with Crippen LogP contribution < -0.4 is 9.62 Å². The van der Waals surface area contributed by atoms with Gasteiger partial charge in [0.1, 0.15) is 0 Å². The number of anilines is 1. The van der Waals surface area contributed by atoms with Crippen LogP contribution >= 0.6 is 11.9 Å². The Bertz CT molecular complexity index is 463. The van der Waals surface area contributed by atoms with Gasteiger partial charge >= 0.3 is 0 Å². The van der Waals surface area contributed by atoms with E-state index in [0.29, 0.717) is 5.92 Å². The van der Waals surface area contributed by atoms with E-state index < -0.39 is 0 Å². The van der Waals surface area contributed by atoms with Gasteiger partial charge in [0.15, 0.2) is 0 Å². The lowest BCUT2D eigenvalue weighted by molar-refractivity contribution is 0.118. The lowest BCUT2D eigenvalue weighted by Gasteiger charge is -2.34. The fourth-order valence-electron chi connectivity index (χ4n) is 2.80. The Hall–Kier alpha value is -0.890. The van der Waals surface area contributed by atoms with Crippen LogP contribution in [0.5, 0.6) is 0 Å².